The third kappa shape index (κ3) is 3.47. The van der Waals surface area contributed by atoms with Gasteiger partial charge in [-0.25, -0.2) is 9.78 Å². The molecule has 106 valence electrons. The van der Waals surface area contributed by atoms with E-state index in [0.29, 0.717) is 15.4 Å². The van der Waals surface area contributed by atoms with Crippen LogP contribution in [0.4, 0.5) is 0 Å². The van der Waals surface area contributed by atoms with Crippen molar-refractivity contribution in [1.29, 1.82) is 0 Å². The Kier molecular flexibility index (Phi) is 5.59. The van der Waals surface area contributed by atoms with Crippen LogP contribution in [0.5, 0.6) is 0 Å². The van der Waals surface area contributed by atoms with Gasteiger partial charge in [0.2, 0.25) is 0 Å². The summed E-state index contributed by atoms with van der Waals surface area (Å²) in [4.78, 5) is 16.4. The second-order valence-electron chi connectivity index (χ2n) is 4.49. The smallest absolute Gasteiger partial charge is 0.347 e. The van der Waals surface area contributed by atoms with E-state index in [1.807, 2.05) is 23.5 Å². The van der Waals surface area contributed by atoms with Crippen molar-refractivity contribution in [2.75, 3.05) is 11.5 Å². The van der Waals surface area contributed by atoms with Crippen molar-refractivity contribution in [2.45, 2.75) is 43.6 Å². The molecule has 1 N–H and O–H groups in total. The lowest BCUT2D eigenvalue weighted by Crippen LogP contribution is -2.18. The lowest BCUT2D eigenvalue weighted by atomic mass is 10.2. The van der Waals surface area contributed by atoms with E-state index in [0.717, 1.165) is 35.7 Å². The summed E-state index contributed by atoms with van der Waals surface area (Å²) in [6.07, 6.45) is 2.82. The van der Waals surface area contributed by atoms with E-state index in [4.69, 9.17) is 0 Å². The second kappa shape index (κ2) is 6.99. The second-order valence-corrected chi connectivity index (χ2v) is 8.12. The van der Waals surface area contributed by atoms with Crippen LogP contribution in [0.1, 0.15) is 52.3 Å². The standard InChI is InChI=1S/C13H19NO2S3/c1-3-5-8-10(13(15)16)19-12(14-8)11-9(4-2)17-6-7-18-11/h9,11H,3-7H2,1-2H3,(H,15,16). The summed E-state index contributed by atoms with van der Waals surface area (Å²) in [5.41, 5.74) is 0.779. The molecule has 2 unspecified atom stereocenters. The van der Waals surface area contributed by atoms with E-state index < -0.39 is 5.97 Å². The van der Waals surface area contributed by atoms with E-state index in [9.17, 15) is 9.90 Å². The van der Waals surface area contributed by atoms with Crippen LogP contribution in [-0.4, -0.2) is 32.8 Å². The normalized spacial score (nSPS) is 23.5. The molecule has 2 heterocycles. The van der Waals surface area contributed by atoms with Crippen LogP contribution < -0.4 is 0 Å². The van der Waals surface area contributed by atoms with Crippen molar-refractivity contribution >= 4 is 40.8 Å². The summed E-state index contributed by atoms with van der Waals surface area (Å²) < 4.78 is 0. The van der Waals surface area contributed by atoms with Gasteiger partial charge >= 0.3 is 5.97 Å². The molecule has 1 aromatic rings. The number of carbonyl (C=O) groups is 1. The zero-order valence-corrected chi connectivity index (χ0v) is 13.7. The van der Waals surface area contributed by atoms with Crippen molar-refractivity contribution in [2.24, 2.45) is 0 Å². The number of aryl methyl sites for hydroxylation is 1. The molecule has 0 aromatic carbocycles. The fourth-order valence-electron chi connectivity index (χ4n) is 2.20. The Morgan fingerprint density at radius 1 is 1.37 bits per heavy atom. The Morgan fingerprint density at radius 2 is 2.11 bits per heavy atom. The number of aromatic nitrogens is 1. The third-order valence-electron chi connectivity index (χ3n) is 3.09. The quantitative estimate of drug-likeness (QED) is 0.886. The molecule has 0 amide bonds. The average molecular weight is 318 g/mol. The van der Waals surface area contributed by atoms with E-state index in [-0.39, 0.29) is 0 Å². The van der Waals surface area contributed by atoms with Gasteiger partial charge in [-0.05, 0) is 12.8 Å². The van der Waals surface area contributed by atoms with Gasteiger partial charge in [-0.2, -0.15) is 11.8 Å². The Hall–Kier alpha value is -0.200. The molecule has 3 nitrogen and oxygen atoms in total. The molecular weight excluding hydrogens is 298 g/mol. The minimum atomic E-state index is -0.825. The first kappa shape index (κ1) is 15.2. The van der Waals surface area contributed by atoms with Crippen molar-refractivity contribution in [1.82, 2.24) is 4.98 Å². The highest BCUT2D eigenvalue weighted by Crippen LogP contribution is 2.45. The summed E-state index contributed by atoms with van der Waals surface area (Å²) >= 11 is 5.32. The maximum absolute atomic E-state index is 11.3. The van der Waals surface area contributed by atoms with E-state index in [1.165, 1.54) is 17.1 Å². The number of rotatable bonds is 5. The average Bonchev–Trinajstić information content (AvgIpc) is 2.83. The third-order valence-corrected chi connectivity index (χ3v) is 7.66. The molecule has 0 saturated carbocycles. The zero-order valence-electron chi connectivity index (χ0n) is 11.2. The Labute approximate surface area is 126 Å². The molecule has 0 spiro atoms. The molecule has 0 aliphatic carbocycles. The van der Waals surface area contributed by atoms with Gasteiger partial charge in [-0.1, -0.05) is 20.3 Å². The minimum Gasteiger partial charge on any atom is -0.477 e. The van der Waals surface area contributed by atoms with Crippen LogP contribution in [0.2, 0.25) is 0 Å². The van der Waals surface area contributed by atoms with Gasteiger partial charge in [0.15, 0.2) is 0 Å². The molecule has 0 radical (unpaired) electrons. The fourth-order valence-corrected chi connectivity index (χ4v) is 6.57. The highest BCUT2D eigenvalue weighted by Gasteiger charge is 2.30. The maximum atomic E-state index is 11.3. The van der Waals surface area contributed by atoms with Crippen LogP contribution in [0.3, 0.4) is 0 Å². The number of hydrogen-bond acceptors (Lipinski definition) is 5. The molecule has 1 saturated heterocycles. The summed E-state index contributed by atoms with van der Waals surface area (Å²) in [5.74, 6) is 1.50. The molecule has 1 aliphatic heterocycles. The van der Waals surface area contributed by atoms with Gasteiger partial charge in [0.1, 0.15) is 9.88 Å². The first-order valence-electron chi connectivity index (χ1n) is 6.63. The number of nitrogens with zero attached hydrogens (tertiary/aromatic N) is 1. The van der Waals surface area contributed by atoms with Crippen LogP contribution >= 0.6 is 34.9 Å². The van der Waals surface area contributed by atoms with Crippen molar-refractivity contribution in [3.8, 4) is 0 Å². The molecular formula is C13H19NO2S3. The number of aromatic carboxylic acids is 1. The number of carboxylic acids is 1. The predicted molar refractivity (Wildman–Crippen MR) is 84.8 cm³/mol. The van der Waals surface area contributed by atoms with Gasteiger partial charge in [-0.3, -0.25) is 0 Å². The first-order chi connectivity index (χ1) is 9.17. The molecule has 6 heteroatoms. The lowest BCUT2D eigenvalue weighted by molar-refractivity contribution is 0.0700. The Bertz CT molecular complexity index is 447. The predicted octanol–water partition coefficient (Wildman–Crippen LogP) is 4.09. The molecule has 19 heavy (non-hydrogen) atoms. The summed E-state index contributed by atoms with van der Waals surface area (Å²) in [7, 11) is 0. The molecule has 2 atom stereocenters. The van der Waals surface area contributed by atoms with Crippen LogP contribution in [0.15, 0.2) is 0 Å². The lowest BCUT2D eigenvalue weighted by Gasteiger charge is -2.28. The Morgan fingerprint density at radius 3 is 2.74 bits per heavy atom. The van der Waals surface area contributed by atoms with Crippen LogP contribution in [0.25, 0.3) is 0 Å². The van der Waals surface area contributed by atoms with Crippen LogP contribution in [0, 0.1) is 0 Å². The number of thiazole rings is 1. The highest BCUT2D eigenvalue weighted by atomic mass is 32.2. The molecule has 1 aliphatic rings. The first-order valence-corrected chi connectivity index (χ1v) is 9.54. The minimum absolute atomic E-state index is 0.373. The van der Waals surface area contributed by atoms with Crippen molar-refractivity contribution in [3.05, 3.63) is 15.6 Å². The number of carboxylic acid groups (broad SMARTS) is 1. The molecule has 2 rings (SSSR count). The molecule has 1 fully saturated rings. The van der Waals surface area contributed by atoms with E-state index in [1.54, 1.807) is 0 Å². The largest absolute Gasteiger partial charge is 0.477 e. The van der Waals surface area contributed by atoms with Crippen molar-refractivity contribution in [3.63, 3.8) is 0 Å². The number of hydrogen-bond donors (Lipinski definition) is 1. The summed E-state index contributed by atoms with van der Waals surface area (Å²) in [5, 5.41) is 11.2. The van der Waals surface area contributed by atoms with Crippen LogP contribution in [-0.2, 0) is 6.42 Å². The van der Waals surface area contributed by atoms with Crippen molar-refractivity contribution < 1.29 is 9.90 Å². The van der Waals surface area contributed by atoms with Gasteiger partial charge < -0.3 is 5.11 Å². The summed E-state index contributed by atoms with van der Waals surface area (Å²) in [6.45, 7) is 4.26. The topological polar surface area (TPSA) is 50.2 Å². The summed E-state index contributed by atoms with van der Waals surface area (Å²) in [6, 6.07) is 0. The van der Waals surface area contributed by atoms with E-state index in [2.05, 4.69) is 18.8 Å². The van der Waals surface area contributed by atoms with Gasteiger partial charge in [0.25, 0.3) is 0 Å². The SMILES string of the molecule is CCCc1nc(C2SCCSC2CC)sc1C(=O)O. The number of thioether (sulfide) groups is 2. The fraction of sp³-hybridized carbons (Fsp3) is 0.692. The maximum Gasteiger partial charge on any atom is 0.347 e. The zero-order chi connectivity index (χ0) is 13.8. The van der Waals surface area contributed by atoms with Gasteiger partial charge in [-0.15, -0.1) is 23.1 Å². The van der Waals surface area contributed by atoms with Gasteiger partial charge in [0, 0.05) is 16.8 Å². The Balaban J connectivity index is 2.28. The highest BCUT2D eigenvalue weighted by molar-refractivity contribution is 8.06. The monoisotopic (exact) mass is 317 g/mol. The molecule has 1 aromatic heterocycles. The van der Waals surface area contributed by atoms with E-state index >= 15 is 0 Å². The molecule has 0 bridgehead atoms. The van der Waals surface area contributed by atoms with Gasteiger partial charge in [0.05, 0.1) is 10.9 Å².